The van der Waals surface area contributed by atoms with Crippen molar-refractivity contribution in [3.8, 4) is 0 Å². The predicted octanol–water partition coefficient (Wildman–Crippen LogP) is 6.15. The van der Waals surface area contributed by atoms with Gasteiger partial charge in [0.15, 0.2) is 0 Å². The molecule has 2 heterocycles. The van der Waals surface area contributed by atoms with E-state index in [1.54, 1.807) is 6.92 Å². The molecule has 1 aliphatic carbocycles. The van der Waals surface area contributed by atoms with E-state index in [9.17, 15) is 35.5 Å². The predicted molar refractivity (Wildman–Crippen MR) is 116 cm³/mol. The lowest BCUT2D eigenvalue weighted by Gasteiger charge is -2.57. The molecule has 11 heteroatoms. The number of benzene rings is 1. The van der Waals surface area contributed by atoms with E-state index < -0.39 is 47.2 Å². The van der Waals surface area contributed by atoms with Crippen LogP contribution >= 0.6 is 0 Å². The molecule has 0 atom stereocenters. The van der Waals surface area contributed by atoms with Crippen LogP contribution in [0.15, 0.2) is 24.3 Å². The number of anilines is 2. The number of pyridine rings is 1. The van der Waals surface area contributed by atoms with E-state index >= 15 is 0 Å². The van der Waals surface area contributed by atoms with Gasteiger partial charge in [0.05, 0.1) is 23.2 Å². The number of carbonyl (C=O) groups is 1. The second kappa shape index (κ2) is 8.67. The normalized spacial score (nSPS) is 17.2. The Bertz CT molecular complexity index is 1130. The molecule has 1 saturated carbocycles. The number of amides is 1. The minimum absolute atomic E-state index is 0.00586. The van der Waals surface area contributed by atoms with Crippen molar-refractivity contribution in [3.05, 3.63) is 52.5 Å². The second-order valence-corrected chi connectivity index (χ2v) is 9.28. The third-order valence-corrected chi connectivity index (χ3v) is 6.89. The number of hydrogen-bond acceptors (Lipinski definition) is 3. The molecule has 0 radical (unpaired) electrons. The average Bonchev–Trinajstić information content (AvgIpc) is 2.68. The van der Waals surface area contributed by atoms with Gasteiger partial charge >= 0.3 is 12.4 Å². The van der Waals surface area contributed by atoms with Crippen molar-refractivity contribution in [2.45, 2.75) is 51.9 Å². The highest BCUT2D eigenvalue weighted by atomic mass is 19.4. The van der Waals surface area contributed by atoms with Crippen molar-refractivity contribution >= 4 is 17.4 Å². The minimum atomic E-state index is -5.10. The van der Waals surface area contributed by atoms with E-state index in [0.29, 0.717) is 19.2 Å². The summed E-state index contributed by atoms with van der Waals surface area (Å²) < 4.78 is 96.2. The van der Waals surface area contributed by atoms with Gasteiger partial charge < -0.3 is 4.90 Å². The van der Waals surface area contributed by atoms with Crippen molar-refractivity contribution in [2.75, 3.05) is 29.4 Å². The number of rotatable bonds is 5. The number of likely N-dealkylation sites (N-methyl/N-ethyl adjacent to an activating group) is 1. The molecular formula is C24H24F7N3O. The molecule has 1 spiro atoms. The van der Waals surface area contributed by atoms with E-state index in [0.717, 1.165) is 30.2 Å². The van der Waals surface area contributed by atoms with Crippen LogP contribution in [0.1, 0.15) is 48.6 Å². The Morgan fingerprint density at radius 2 is 1.74 bits per heavy atom. The number of hydrogen-bond donors (Lipinski definition) is 0. The Morgan fingerprint density at radius 1 is 1.09 bits per heavy atom. The van der Waals surface area contributed by atoms with Crippen LogP contribution in [0.5, 0.6) is 0 Å². The van der Waals surface area contributed by atoms with Crippen LogP contribution < -0.4 is 9.80 Å². The van der Waals surface area contributed by atoms with Gasteiger partial charge in [-0.3, -0.25) is 9.69 Å². The number of nitrogens with zero attached hydrogens (tertiary/aromatic N) is 3. The van der Waals surface area contributed by atoms with Gasteiger partial charge in [-0.05, 0) is 56.5 Å². The van der Waals surface area contributed by atoms with Gasteiger partial charge in [0.1, 0.15) is 11.6 Å². The van der Waals surface area contributed by atoms with Crippen molar-refractivity contribution in [1.82, 2.24) is 4.98 Å². The van der Waals surface area contributed by atoms with E-state index in [1.165, 1.54) is 17.9 Å². The van der Waals surface area contributed by atoms with Crippen LogP contribution in [-0.2, 0) is 23.6 Å². The molecule has 1 aromatic carbocycles. The zero-order valence-electron chi connectivity index (χ0n) is 19.2. The largest absolute Gasteiger partial charge is 0.416 e. The first kappa shape index (κ1) is 25.2. The Labute approximate surface area is 197 Å². The zero-order chi connectivity index (χ0) is 25.8. The Morgan fingerprint density at radius 3 is 2.23 bits per heavy atom. The summed E-state index contributed by atoms with van der Waals surface area (Å²) in [5, 5.41) is 0. The van der Waals surface area contributed by atoms with Crippen LogP contribution in [0.2, 0.25) is 0 Å². The van der Waals surface area contributed by atoms with Crippen LogP contribution in [0.25, 0.3) is 0 Å². The topological polar surface area (TPSA) is 36.4 Å². The number of carbonyl (C=O) groups excluding carboxylic acids is 1. The Hall–Kier alpha value is -2.85. The first-order valence-corrected chi connectivity index (χ1v) is 11.2. The lowest BCUT2D eigenvalue weighted by Crippen LogP contribution is -2.60. The fraction of sp³-hybridized carbons (Fsp3) is 0.500. The molecule has 190 valence electrons. The fourth-order valence-corrected chi connectivity index (χ4v) is 4.86. The number of aromatic nitrogens is 1. The number of halogens is 7. The van der Waals surface area contributed by atoms with Crippen LogP contribution in [0, 0.1) is 18.2 Å². The molecule has 1 aliphatic heterocycles. The Kier molecular flexibility index (Phi) is 6.25. The molecule has 2 aromatic rings. The number of alkyl halides is 6. The summed E-state index contributed by atoms with van der Waals surface area (Å²) in [5.41, 5.74) is -3.68. The molecule has 4 rings (SSSR count). The first-order chi connectivity index (χ1) is 16.2. The van der Waals surface area contributed by atoms with Gasteiger partial charge in [0, 0.05) is 30.7 Å². The smallest absolute Gasteiger partial charge is 0.370 e. The molecule has 2 aliphatic rings. The van der Waals surface area contributed by atoms with Crippen LogP contribution in [0.3, 0.4) is 0 Å². The molecule has 1 aromatic heterocycles. The molecule has 0 N–H and O–H groups in total. The molecule has 35 heavy (non-hydrogen) atoms. The quantitative estimate of drug-likeness (QED) is 0.459. The summed E-state index contributed by atoms with van der Waals surface area (Å²) in [6.45, 7) is 3.69. The lowest BCUT2D eigenvalue weighted by molar-refractivity contribution is -0.143. The highest BCUT2D eigenvalue weighted by Crippen LogP contribution is 2.51. The van der Waals surface area contributed by atoms with Gasteiger partial charge in [-0.15, -0.1) is 0 Å². The Balaban J connectivity index is 1.76. The van der Waals surface area contributed by atoms with Crippen molar-refractivity contribution in [1.29, 1.82) is 0 Å². The zero-order valence-corrected chi connectivity index (χ0v) is 19.2. The highest BCUT2D eigenvalue weighted by molar-refractivity contribution is 5.95. The second-order valence-electron chi connectivity index (χ2n) is 9.28. The summed E-state index contributed by atoms with van der Waals surface area (Å²) in [7, 11) is 0. The molecular weight excluding hydrogens is 479 g/mol. The van der Waals surface area contributed by atoms with E-state index in [-0.39, 0.29) is 35.2 Å². The van der Waals surface area contributed by atoms with E-state index in [2.05, 4.69) is 4.98 Å². The molecule has 1 saturated heterocycles. The van der Waals surface area contributed by atoms with Crippen molar-refractivity contribution < 1.29 is 35.5 Å². The van der Waals surface area contributed by atoms with Gasteiger partial charge in [-0.25, -0.2) is 9.37 Å². The molecule has 0 bridgehead atoms. The third kappa shape index (κ3) is 4.81. The van der Waals surface area contributed by atoms with Crippen LogP contribution in [0.4, 0.5) is 42.2 Å². The van der Waals surface area contributed by atoms with Crippen molar-refractivity contribution in [3.63, 3.8) is 0 Å². The van der Waals surface area contributed by atoms with Gasteiger partial charge in [0.2, 0.25) is 5.91 Å². The standard InChI is InChI=1S/C24H24F7N3O/c1-3-34(20-6-5-18(25)14(2)32-20)21(35)11-16-17(24(29,30)31)9-15(23(26,27)28)10-19(16)33-12-22(13-33)7-4-8-22/h5-6,9-10H,3-4,7-8,11-13H2,1-2H3. The maximum absolute atomic E-state index is 14.0. The summed E-state index contributed by atoms with van der Waals surface area (Å²) in [4.78, 5) is 19.8. The first-order valence-electron chi connectivity index (χ1n) is 11.2. The molecule has 4 nitrogen and oxygen atoms in total. The van der Waals surface area contributed by atoms with Gasteiger partial charge in [0.25, 0.3) is 0 Å². The molecule has 2 fully saturated rings. The van der Waals surface area contributed by atoms with E-state index in [1.807, 2.05) is 0 Å². The maximum atomic E-state index is 14.0. The summed E-state index contributed by atoms with van der Waals surface area (Å²) in [6.07, 6.45) is -8.14. The lowest BCUT2D eigenvalue weighted by atomic mass is 9.63. The SMILES string of the molecule is CCN(C(=O)Cc1c(N2CC3(CCC3)C2)cc(C(F)(F)F)cc1C(F)(F)F)c1ccc(F)c(C)n1. The number of aryl methyl sites for hydroxylation is 1. The minimum Gasteiger partial charge on any atom is -0.370 e. The van der Waals surface area contributed by atoms with E-state index in [4.69, 9.17) is 0 Å². The average molecular weight is 503 g/mol. The third-order valence-electron chi connectivity index (χ3n) is 6.89. The maximum Gasteiger partial charge on any atom is 0.416 e. The molecule has 1 amide bonds. The molecule has 0 unspecified atom stereocenters. The fourth-order valence-electron chi connectivity index (χ4n) is 4.86. The van der Waals surface area contributed by atoms with Crippen molar-refractivity contribution in [2.24, 2.45) is 5.41 Å². The highest BCUT2D eigenvalue weighted by Gasteiger charge is 2.49. The van der Waals surface area contributed by atoms with Gasteiger partial charge in [-0.2, -0.15) is 26.3 Å². The monoisotopic (exact) mass is 503 g/mol. The summed E-state index contributed by atoms with van der Waals surface area (Å²) >= 11 is 0. The van der Waals surface area contributed by atoms with Crippen LogP contribution in [-0.4, -0.2) is 30.5 Å². The van der Waals surface area contributed by atoms with Gasteiger partial charge in [-0.1, -0.05) is 6.42 Å². The summed E-state index contributed by atoms with van der Waals surface area (Å²) in [6, 6.07) is 3.11. The summed E-state index contributed by atoms with van der Waals surface area (Å²) in [5.74, 6) is -1.34.